The molecule has 1 aromatic rings. The number of hydrogen-bond donors (Lipinski definition) is 1. The van der Waals surface area contributed by atoms with E-state index in [4.69, 9.17) is 9.47 Å². The normalized spacial score (nSPS) is 23.3. The Labute approximate surface area is 127 Å². The lowest BCUT2D eigenvalue weighted by Crippen LogP contribution is -2.56. The van der Waals surface area contributed by atoms with E-state index in [-0.39, 0.29) is 0 Å². The largest absolute Gasteiger partial charge is 0.493 e. The van der Waals surface area contributed by atoms with Crippen molar-refractivity contribution in [1.29, 1.82) is 0 Å². The van der Waals surface area contributed by atoms with Gasteiger partial charge in [0, 0.05) is 44.0 Å². The molecular weight excluding hydrogens is 266 g/mol. The van der Waals surface area contributed by atoms with Crippen molar-refractivity contribution < 1.29 is 9.47 Å². The van der Waals surface area contributed by atoms with Crippen LogP contribution in [0.25, 0.3) is 0 Å². The van der Waals surface area contributed by atoms with Gasteiger partial charge in [-0.15, -0.1) is 0 Å². The lowest BCUT2D eigenvalue weighted by molar-refractivity contribution is 0.113. The molecule has 0 radical (unpaired) electrons. The smallest absolute Gasteiger partial charge is 0.183 e. The first-order valence-corrected chi connectivity index (χ1v) is 7.60. The quantitative estimate of drug-likeness (QED) is 0.898. The first-order valence-electron chi connectivity index (χ1n) is 7.60. The molecule has 0 bridgehead atoms. The summed E-state index contributed by atoms with van der Waals surface area (Å²) in [6.07, 6.45) is 1.78. The first-order chi connectivity index (χ1) is 10.1. The molecule has 5 heteroatoms. The zero-order chi connectivity index (χ0) is 15.4. The molecular formula is C16H27N3O2. The highest BCUT2D eigenvalue weighted by Gasteiger charge is 2.28. The van der Waals surface area contributed by atoms with Crippen LogP contribution in [-0.2, 0) is 6.54 Å². The third-order valence-corrected chi connectivity index (χ3v) is 4.25. The minimum Gasteiger partial charge on any atom is -0.493 e. The van der Waals surface area contributed by atoms with Crippen molar-refractivity contribution >= 4 is 0 Å². The second-order valence-electron chi connectivity index (χ2n) is 6.03. The molecule has 0 aliphatic carbocycles. The molecule has 118 valence electrons. The third kappa shape index (κ3) is 3.66. The number of piperazine rings is 1. The molecule has 1 fully saturated rings. The van der Waals surface area contributed by atoms with Gasteiger partial charge in [-0.25, -0.2) is 0 Å². The van der Waals surface area contributed by atoms with Crippen LogP contribution in [0.3, 0.4) is 0 Å². The van der Waals surface area contributed by atoms with Crippen molar-refractivity contribution in [2.45, 2.75) is 39.4 Å². The molecule has 0 spiro atoms. The van der Waals surface area contributed by atoms with Crippen LogP contribution in [0.1, 0.15) is 26.5 Å². The third-order valence-electron chi connectivity index (χ3n) is 4.25. The fourth-order valence-corrected chi connectivity index (χ4v) is 2.77. The van der Waals surface area contributed by atoms with Gasteiger partial charge in [-0.1, -0.05) is 13.8 Å². The minimum absolute atomic E-state index is 0.484. The maximum atomic E-state index is 5.49. The lowest BCUT2D eigenvalue weighted by Gasteiger charge is -2.40. The molecule has 1 aliphatic heterocycles. The number of rotatable bonds is 5. The molecule has 1 saturated heterocycles. The predicted octanol–water partition coefficient (Wildman–Crippen LogP) is 1.92. The second kappa shape index (κ2) is 7.09. The van der Waals surface area contributed by atoms with Gasteiger partial charge in [0.1, 0.15) is 5.69 Å². The van der Waals surface area contributed by atoms with Gasteiger partial charge < -0.3 is 14.8 Å². The number of aromatic nitrogens is 1. The summed E-state index contributed by atoms with van der Waals surface area (Å²) >= 11 is 0. The Morgan fingerprint density at radius 2 is 2.14 bits per heavy atom. The summed E-state index contributed by atoms with van der Waals surface area (Å²) in [7, 11) is 3.32. The van der Waals surface area contributed by atoms with Gasteiger partial charge in [-0.3, -0.25) is 9.88 Å². The van der Waals surface area contributed by atoms with E-state index in [0.717, 1.165) is 36.8 Å². The van der Waals surface area contributed by atoms with Gasteiger partial charge in [0.15, 0.2) is 11.5 Å². The molecule has 2 unspecified atom stereocenters. The number of hydrogen-bond acceptors (Lipinski definition) is 5. The number of pyridine rings is 1. The SMILES string of the molecule is COc1ccnc(CN2CC(C(C)C)NCC2C)c1OC. The van der Waals surface area contributed by atoms with Crippen LogP contribution < -0.4 is 14.8 Å². The van der Waals surface area contributed by atoms with E-state index in [1.165, 1.54) is 0 Å². The summed E-state index contributed by atoms with van der Waals surface area (Å²) < 4.78 is 10.8. The van der Waals surface area contributed by atoms with E-state index >= 15 is 0 Å². The zero-order valence-corrected chi connectivity index (χ0v) is 13.7. The van der Waals surface area contributed by atoms with Crippen molar-refractivity contribution in [2.75, 3.05) is 27.3 Å². The first kappa shape index (κ1) is 16.0. The molecule has 21 heavy (non-hydrogen) atoms. The molecule has 0 amide bonds. The Bertz CT molecular complexity index is 465. The van der Waals surface area contributed by atoms with Gasteiger partial charge in [-0.2, -0.15) is 0 Å². The average Bonchev–Trinajstić information content (AvgIpc) is 2.48. The van der Waals surface area contributed by atoms with E-state index < -0.39 is 0 Å². The second-order valence-corrected chi connectivity index (χ2v) is 6.03. The van der Waals surface area contributed by atoms with Gasteiger partial charge in [0.05, 0.1) is 14.2 Å². The molecule has 2 rings (SSSR count). The monoisotopic (exact) mass is 293 g/mol. The summed E-state index contributed by atoms with van der Waals surface area (Å²) in [6.45, 7) is 9.59. The van der Waals surface area contributed by atoms with E-state index in [2.05, 4.69) is 36.0 Å². The van der Waals surface area contributed by atoms with Crippen molar-refractivity contribution in [2.24, 2.45) is 5.92 Å². The summed E-state index contributed by atoms with van der Waals surface area (Å²) in [6, 6.07) is 2.84. The van der Waals surface area contributed by atoms with Crippen molar-refractivity contribution in [1.82, 2.24) is 15.2 Å². The number of nitrogens with zero attached hydrogens (tertiary/aromatic N) is 2. The zero-order valence-electron chi connectivity index (χ0n) is 13.7. The maximum absolute atomic E-state index is 5.49. The van der Waals surface area contributed by atoms with Gasteiger partial charge in [0.2, 0.25) is 0 Å². The average molecular weight is 293 g/mol. The van der Waals surface area contributed by atoms with Crippen molar-refractivity contribution in [3.8, 4) is 11.5 Å². The number of methoxy groups -OCH3 is 2. The fraction of sp³-hybridized carbons (Fsp3) is 0.688. The Morgan fingerprint density at radius 1 is 1.38 bits per heavy atom. The molecule has 0 aromatic carbocycles. The van der Waals surface area contributed by atoms with Crippen LogP contribution in [-0.4, -0.2) is 49.3 Å². The molecule has 5 nitrogen and oxygen atoms in total. The molecule has 2 atom stereocenters. The Hall–Kier alpha value is -1.33. The van der Waals surface area contributed by atoms with Gasteiger partial charge in [0.25, 0.3) is 0 Å². The Kier molecular flexibility index (Phi) is 5.42. The molecule has 2 heterocycles. The topological polar surface area (TPSA) is 46.6 Å². The molecule has 0 saturated carbocycles. The Morgan fingerprint density at radius 3 is 2.76 bits per heavy atom. The van der Waals surface area contributed by atoms with Crippen LogP contribution in [0.5, 0.6) is 11.5 Å². The minimum atomic E-state index is 0.484. The van der Waals surface area contributed by atoms with Gasteiger partial charge in [-0.05, 0) is 12.8 Å². The van der Waals surface area contributed by atoms with Crippen molar-refractivity contribution in [3.63, 3.8) is 0 Å². The van der Waals surface area contributed by atoms with E-state index in [9.17, 15) is 0 Å². The van der Waals surface area contributed by atoms with Crippen LogP contribution >= 0.6 is 0 Å². The molecule has 1 aliphatic rings. The summed E-state index contributed by atoms with van der Waals surface area (Å²) in [4.78, 5) is 6.95. The van der Waals surface area contributed by atoms with Crippen molar-refractivity contribution in [3.05, 3.63) is 18.0 Å². The highest BCUT2D eigenvalue weighted by atomic mass is 16.5. The van der Waals surface area contributed by atoms with Crippen LogP contribution in [0.4, 0.5) is 0 Å². The molecule has 1 aromatic heterocycles. The van der Waals surface area contributed by atoms with Crippen LogP contribution in [0.15, 0.2) is 12.3 Å². The summed E-state index contributed by atoms with van der Waals surface area (Å²) in [5.41, 5.74) is 0.938. The van der Waals surface area contributed by atoms with E-state index in [0.29, 0.717) is 18.0 Å². The van der Waals surface area contributed by atoms with Gasteiger partial charge >= 0.3 is 0 Å². The van der Waals surface area contributed by atoms with Crippen LogP contribution in [0, 0.1) is 5.92 Å². The van der Waals surface area contributed by atoms with E-state index in [1.54, 1.807) is 20.4 Å². The van der Waals surface area contributed by atoms with E-state index in [1.807, 2.05) is 6.07 Å². The summed E-state index contributed by atoms with van der Waals surface area (Å²) in [5, 5.41) is 3.62. The fourth-order valence-electron chi connectivity index (χ4n) is 2.77. The number of ether oxygens (including phenoxy) is 2. The summed E-state index contributed by atoms with van der Waals surface area (Å²) in [5.74, 6) is 2.11. The highest BCUT2D eigenvalue weighted by molar-refractivity contribution is 5.42. The number of nitrogens with one attached hydrogen (secondary N) is 1. The standard InChI is InChI=1S/C16H27N3O2/c1-11(2)13-9-19(12(3)8-18-13)10-14-16(21-5)15(20-4)6-7-17-14/h6-7,11-13,18H,8-10H2,1-5H3. The molecule has 1 N–H and O–H groups in total. The lowest BCUT2D eigenvalue weighted by atomic mass is 9.99. The predicted molar refractivity (Wildman–Crippen MR) is 83.8 cm³/mol. The highest BCUT2D eigenvalue weighted by Crippen LogP contribution is 2.30. The maximum Gasteiger partial charge on any atom is 0.183 e. The van der Waals surface area contributed by atoms with Crippen LogP contribution in [0.2, 0.25) is 0 Å². The Balaban J connectivity index is 2.16.